The number of nitrogens with one attached hydrogen (secondary N) is 1. The van der Waals surface area contributed by atoms with Crippen LogP contribution in [0.5, 0.6) is 5.88 Å². The molecule has 0 atom stereocenters. The van der Waals surface area contributed by atoms with Gasteiger partial charge >= 0.3 is 0 Å². The Balaban J connectivity index is 2.24. The summed E-state index contributed by atoms with van der Waals surface area (Å²) in [6.45, 7) is 0.465. The molecule has 2 rings (SSSR count). The number of aromatic nitrogens is 2. The number of methoxy groups -OCH3 is 1. The first-order chi connectivity index (χ1) is 8.33. The number of nitrogens with two attached hydrogens (primary N) is 1. The van der Waals surface area contributed by atoms with Gasteiger partial charge < -0.3 is 15.8 Å². The lowest BCUT2D eigenvalue weighted by atomic mass is 10.2. The van der Waals surface area contributed by atoms with E-state index in [9.17, 15) is 0 Å². The minimum Gasteiger partial charge on any atom is -0.481 e. The first-order valence-corrected chi connectivity index (χ1v) is 5.25. The first kappa shape index (κ1) is 11.3. The molecule has 0 radical (unpaired) electrons. The minimum absolute atomic E-state index is 0.465. The van der Waals surface area contributed by atoms with Gasteiger partial charge in [0.05, 0.1) is 7.11 Å². The summed E-state index contributed by atoms with van der Waals surface area (Å²) >= 11 is 0. The van der Waals surface area contributed by atoms with Crippen molar-refractivity contribution in [3.05, 3.63) is 42.1 Å². The van der Waals surface area contributed by atoms with Crippen LogP contribution in [0, 0.1) is 0 Å². The van der Waals surface area contributed by atoms with Crippen LogP contribution in [-0.2, 0) is 6.54 Å². The van der Waals surface area contributed by atoms with Gasteiger partial charge in [0.2, 0.25) is 11.8 Å². The maximum absolute atomic E-state index is 5.65. The molecule has 88 valence electrons. The van der Waals surface area contributed by atoms with Crippen molar-refractivity contribution in [3.8, 4) is 5.88 Å². The Hall–Kier alpha value is -2.14. The molecule has 0 saturated heterocycles. The van der Waals surface area contributed by atoms with Crippen LogP contribution in [-0.4, -0.2) is 17.1 Å². The van der Waals surface area contributed by atoms with Crippen molar-refractivity contribution in [3.63, 3.8) is 0 Å². The van der Waals surface area contributed by atoms with Gasteiger partial charge in [-0.25, -0.2) is 4.98 Å². The average molecular weight is 230 g/mol. The van der Waals surface area contributed by atoms with E-state index in [0.29, 0.717) is 18.4 Å². The fraction of sp³-hybridized carbons (Fsp3) is 0.167. The number of ether oxygens (including phenoxy) is 1. The van der Waals surface area contributed by atoms with E-state index < -0.39 is 0 Å². The molecule has 2 aromatic rings. The van der Waals surface area contributed by atoms with Crippen LogP contribution in [0.4, 0.5) is 11.6 Å². The maximum atomic E-state index is 5.65. The number of benzene rings is 1. The standard InChI is InChI=1S/C12H14N4O/c1-17-11-6-7-14-12(16-11)15-10-5-3-2-4-9(10)8-13/h2-7H,8,13H2,1H3,(H,14,15,16). The zero-order valence-corrected chi connectivity index (χ0v) is 9.55. The van der Waals surface area contributed by atoms with E-state index in [0.717, 1.165) is 11.3 Å². The van der Waals surface area contributed by atoms with Crippen molar-refractivity contribution in [1.82, 2.24) is 9.97 Å². The van der Waals surface area contributed by atoms with Crippen molar-refractivity contribution in [1.29, 1.82) is 0 Å². The molecule has 5 heteroatoms. The Kier molecular flexibility index (Phi) is 3.52. The molecule has 1 heterocycles. The van der Waals surface area contributed by atoms with E-state index in [4.69, 9.17) is 10.5 Å². The Labute approximate surface area is 99.7 Å². The molecule has 0 aliphatic rings. The second kappa shape index (κ2) is 5.27. The van der Waals surface area contributed by atoms with Gasteiger partial charge in [-0.3, -0.25) is 0 Å². The van der Waals surface area contributed by atoms with E-state index in [1.165, 1.54) is 0 Å². The van der Waals surface area contributed by atoms with Gasteiger partial charge in [0.15, 0.2) is 0 Å². The highest BCUT2D eigenvalue weighted by Crippen LogP contribution is 2.18. The van der Waals surface area contributed by atoms with Gasteiger partial charge in [-0.2, -0.15) is 4.98 Å². The third kappa shape index (κ3) is 2.70. The van der Waals surface area contributed by atoms with Crippen LogP contribution in [0.2, 0.25) is 0 Å². The lowest BCUT2D eigenvalue weighted by molar-refractivity contribution is 0.397. The van der Waals surface area contributed by atoms with Gasteiger partial charge in [-0.05, 0) is 11.6 Å². The molecule has 17 heavy (non-hydrogen) atoms. The van der Waals surface area contributed by atoms with Crippen molar-refractivity contribution >= 4 is 11.6 Å². The summed E-state index contributed by atoms with van der Waals surface area (Å²) in [6, 6.07) is 9.47. The zero-order valence-electron chi connectivity index (χ0n) is 9.55. The lowest BCUT2D eigenvalue weighted by Gasteiger charge is -2.09. The summed E-state index contributed by atoms with van der Waals surface area (Å²) in [5.74, 6) is 1.01. The largest absolute Gasteiger partial charge is 0.481 e. The molecular weight excluding hydrogens is 216 g/mol. The Morgan fingerprint density at radius 1 is 1.29 bits per heavy atom. The third-order valence-corrected chi connectivity index (χ3v) is 2.32. The smallest absolute Gasteiger partial charge is 0.230 e. The molecule has 0 spiro atoms. The molecule has 0 aliphatic carbocycles. The first-order valence-electron chi connectivity index (χ1n) is 5.25. The summed E-state index contributed by atoms with van der Waals surface area (Å²) in [7, 11) is 1.57. The number of para-hydroxylation sites is 1. The van der Waals surface area contributed by atoms with Crippen molar-refractivity contribution in [2.24, 2.45) is 5.73 Å². The quantitative estimate of drug-likeness (QED) is 0.836. The highest BCUT2D eigenvalue weighted by Gasteiger charge is 2.03. The van der Waals surface area contributed by atoms with Crippen molar-refractivity contribution in [2.45, 2.75) is 6.54 Å². The number of rotatable bonds is 4. The van der Waals surface area contributed by atoms with E-state index in [2.05, 4.69) is 15.3 Å². The monoisotopic (exact) mass is 230 g/mol. The molecule has 3 N–H and O–H groups in total. The Morgan fingerprint density at radius 3 is 2.88 bits per heavy atom. The van der Waals surface area contributed by atoms with Gasteiger partial charge in [-0.1, -0.05) is 18.2 Å². The van der Waals surface area contributed by atoms with Gasteiger partial charge in [0.1, 0.15) is 0 Å². The lowest BCUT2D eigenvalue weighted by Crippen LogP contribution is -2.04. The molecule has 0 amide bonds. The predicted molar refractivity (Wildman–Crippen MR) is 66.2 cm³/mol. The summed E-state index contributed by atoms with van der Waals surface area (Å²) in [6.07, 6.45) is 1.64. The maximum Gasteiger partial charge on any atom is 0.230 e. The summed E-state index contributed by atoms with van der Waals surface area (Å²) < 4.78 is 5.03. The second-order valence-electron chi connectivity index (χ2n) is 3.41. The Bertz CT molecular complexity index is 501. The molecule has 0 unspecified atom stereocenters. The molecule has 1 aromatic heterocycles. The van der Waals surface area contributed by atoms with Crippen molar-refractivity contribution < 1.29 is 4.74 Å². The molecule has 0 aliphatic heterocycles. The average Bonchev–Trinajstić information content (AvgIpc) is 2.39. The van der Waals surface area contributed by atoms with Crippen LogP contribution >= 0.6 is 0 Å². The molecule has 5 nitrogen and oxygen atoms in total. The van der Waals surface area contributed by atoms with Gasteiger partial charge in [0.25, 0.3) is 0 Å². The molecule has 0 fully saturated rings. The van der Waals surface area contributed by atoms with Crippen LogP contribution < -0.4 is 15.8 Å². The van der Waals surface area contributed by atoms with Gasteiger partial charge in [-0.15, -0.1) is 0 Å². The second-order valence-corrected chi connectivity index (χ2v) is 3.41. The molecule has 0 bridgehead atoms. The molecule has 0 saturated carbocycles. The molecule has 1 aromatic carbocycles. The normalized spacial score (nSPS) is 10.0. The molecular formula is C12H14N4O. The number of hydrogen-bond donors (Lipinski definition) is 2. The van der Waals surface area contributed by atoms with E-state index in [-0.39, 0.29) is 0 Å². The van der Waals surface area contributed by atoms with E-state index in [1.807, 2.05) is 24.3 Å². The minimum atomic E-state index is 0.465. The number of nitrogens with zero attached hydrogens (tertiary/aromatic N) is 2. The fourth-order valence-corrected chi connectivity index (χ4v) is 1.46. The van der Waals surface area contributed by atoms with Crippen LogP contribution in [0.25, 0.3) is 0 Å². The topological polar surface area (TPSA) is 73.1 Å². The van der Waals surface area contributed by atoms with Gasteiger partial charge in [0, 0.05) is 24.5 Å². The SMILES string of the molecule is COc1ccnc(Nc2ccccc2CN)n1. The number of anilines is 2. The van der Waals surface area contributed by atoms with Crippen LogP contribution in [0.15, 0.2) is 36.5 Å². The highest BCUT2D eigenvalue weighted by atomic mass is 16.5. The Morgan fingerprint density at radius 2 is 2.12 bits per heavy atom. The fourth-order valence-electron chi connectivity index (χ4n) is 1.46. The highest BCUT2D eigenvalue weighted by molar-refractivity contribution is 5.58. The summed E-state index contributed by atoms with van der Waals surface area (Å²) in [5, 5.41) is 3.12. The third-order valence-electron chi connectivity index (χ3n) is 2.32. The van der Waals surface area contributed by atoms with Crippen LogP contribution in [0.1, 0.15) is 5.56 Å². The predicted octanol–water partition coefficient (Wildman–Crippen LogP) is 1.69. The zero-order chi connectivity index (χ0) is 12.1. The van der Waals surface area contributed by atoms with E-state index >= 15 is 0 Å². The summed E-state index contributed by atoms with van der Waals surface area (Å²) in [4.78, 5) is 8.29. The number of hydrogen-bond acceptors (Lipinski definition) is 5. The summed E-state index contributed by atoms with van der Waals surface area (Å²) in [5.41, 5.74) is 7.57. The van der Waals surface area contributed by atoms with E-state index in [1.54, 1.807) is 19.4 Å². The van der Waals surface area contributed by atoms with Crippen molar-refractivity contribution in [2.75, 3.05) is 12.4 Å². The van der Waals surface area contributed by atoms with Crippen LogP contribution in [0.3, 0.4) is 0 Å².